The molecule has 0 heterocycles. The normalized spacial score (nSPS) is 13.8. The molecule has 0 aliphatic heterocycles. The molecule has 2 atom stereocenters. The Morgan fingerprint density at radius 1 is 0.909 bits per heavy atom. The number of hydrogen-bond donors (Lipinski definition) is 3. The number of aliphatic carboxylic acids is 1. The third-order valence-electron chi connectivity index (χ3n) is 3.16. The molecule has 3 N–H and O–H groups in total. The van der Waals surface area contributed by atoms with Crippen LogP contribution in [0.15, 0.2) is 0 Å². The fourth-order valence-electron chi connectivity index (χ4n) is 2.16. The summed E-state index contributed by atoms with van der Waals surface area (Å²) in [4.78, 5) is 35.3. The summed E-state index contributed by atoms with van der Waals surface area (Å²) in [6.45, 7) is 9.59. The average molecular weight is 314 g/mol. The van der Waals surface area contributed by atoms with Crippen molar-refractivity contribution in [3.8, 4) is 0 Å². The molecule has 0 aromatic carbocycles. The first-order valence-corrected chi connectivity index (χ1v) is 7.99. The molecule has 0 radical (unpaired) electrons. The van der Waals surface area contributed by atoms with Gasteiger partial charge in [-0.25, -0.2) is 4.79 Å². The molecule has 2 amide bonds. The lowest BCUT2D eigenvalue weighted by molar-refractivity contribution is -0.142. The van der Waals surface area contributed by atoms with E-state index in [1.54, 1.807) is 0 Å². The Hall–Kier alpha value is -1.59. The number of carboxylic acids is 1. The Bertz CT molecular complexity index is 380. The van der Waals surface area contributed by atoms with Crippen molar-refractivity contribution >= 4 is 17.8 Å². The van der Waals surface area contributed by atoms with Crippen LogP contribution < -0.4 is 10.6 Å². The summed E-state index contributed by atoms with van der Waals surface area (Å²) in [7, 11) is 0. The summed E-state index contributed by atoms with van der Waals surface area (Å²) in [5.74, 6) is -1.29. The van der Waals surface area contributed by atoms with Gasteiger partial charge in [-0.3, -0.25) is 9.59 Å². The molecule has 0 saturated heterocycles. The van der Waals surface area contributed by atoms with Crippen molar-refractivity contribution in [1.82, 2.24) is 10.6 Å². The van der Waals surface area contributed by atoms with E-state index in [-0.39, 0.29) is 17.7 Å². The number of carbonyl (C=O) groups excluding carboxylic acids is 2. The van der Waals surface area contributed by atoms with E-state index in [1.165, 1.54) is 0 Å². The summed E-state index contributed by atoms with van der Waals surface area (Å²) in [5.41, 5.74) is 0. The van der Waals surface area contributed by atoms with E-state index < -0.39 is 24.0 Å². The Labute approximate surface area is 133 Å². The zero-order chi connectivity index (χ0) is 17.3. The minimum Gasteiger partial charge on any atom is -0.480 e. The fraction of sp³-hybridized carbons (Fsp3) is 0.812. The Balaban J connectivity index is 4.85. The van der Waals surface area contributed by atoms with E-state index in [4.69, 9.17) is 0 Å². The highest BCUT2D eigenvalue weighted by atomic mass is 16.4. The van der Waals surface area contributed by atoms with Gasteiger partial charge in [0, 0.05) is 6.42 Å². The number of nitrogens with one attached hydrogen (secondary N) is 2. The van der Waals surface area contributed by atoms with Gasteiger partial charge in [-0.1, -0.05) is 34.6 Å². The molecule has 0 rings (SSSR count). The number of hydrogen-bond acceptors (Lipinski definition) is 3. The molecule has 6 nitrogen and oxygen atoms in total. The summed E-state index contributed by atoms with van der Waals surface area (Å²) < 4.78 is 0. The van der Waals surface area contributed by atoms with E-state index in [2.05, 4.69) is 10.6 Å². The highest BCUT2D eigenvalue weighted by Gasteiger charge is 2.27. The quantitative estimate of drug-likeness (QED) is 0.574. The number of carboxylic acid groups (broad SMARTS) is 1. The van der Waals surface area contributed by atoms with Crippen LogP contribution in [0.2, 0.25) is 0 Å². The molecule has 128 valence electrons. The standard InChI is InChI=1S/C16H30N2O4/c1-6-7-14(19)17-12(8-10(2)3)15(20)18-13(16(21)22)9-11(4)5/h10-13H,6-9H2,1-5H3,(H,17,19)(H,18,20)(H,21,22). The van der Waals surface area contributed by atoms with Crippen molar-refractivity contribution in [3.05, 3.63) is 0 Å². The number of rotatable bonds is 10. The van der Waals surface area contributed by atoms with Gasteiger partial charge in [0.15, 0.2) is 0 Å². The van der Waals surface area contributed by atoms with E-state index in [0.717, 1.165) is 0 Å². The maximum absolute atomic E-state index is 12.3. The number of amides is 2. The van der Waals surface area contributed by atoms with Crippen LogP contribution >= 0.6 is 0 Å². The third kappa shape index (κ3) is 8.64. The first-order chi connectivity index (χ1) is 10.2. The van der Waals surface area contributed by atoms with E-state index in [9.17, 15) is 19.5 Å². The van der Waals surface area contributed by atoms with E-state index >= 15 is 0 Å². The van der Waals surface area contributed by atoms with Gasteiger partial charge in [0.25, 0.3) is 0 Å². The smallest absolute Gasteiger partial charge is 0.326 e. The van der Waals surface area contributed by atoms with Crippen LogP contribution in [0.3, 0.4) is 0 Å². The summed E-state index contributed by atoms with van der Waals surface area (Å²) >= 11 is 0. The topological polar surface area (TPSA) is 95.5 Å². The van der Waals surface area contributed by atoms with Gasteiger partial charge in [0.2, 0.25) is 11.8 Å². The van der Waals surface area contributed by atoms with Crippen LogP contribution in [0.25, 0.3) is 0 Å². The second kappa shape index (κ2) is 10.2. The van der Waals surface area contributed by atoms with Crippen LogP contribution in [0, 0.1) is 11.8 Å². The third-order valence-corrected chi connectivity index (χ3v) is 3.16. The van der Waals surface area contributed by atoms with Crippen molar-refractivity contribution in [1.29, 1.82) is 0 Å². The van der Waals surface area contributed by atoms with Gasteiger partial charge < -0.3 is 15.7 Å². The van der Waals surface area contributed by atoms with Crippen LogP contribution in [0.4, 0.5) is 0 Å². The fourth-order valence-corrected chi connectivity index (χ4v) is 2.16. The van der Waals surface area contributed by atoms with Gasteiger partial charge in [-0.05, 0) is 31.1 Å². The Morgan fingerprint density at radius 3 is 1.82 bits per heavy atom. The molecule has 2 unspecified atom stereocenters. The second-order valence-corrected chi connectivity index (χ2v) is 6.53. The highest BCUT2D eigenvalue weighted by Crippen LogP contribution is 2.09. The van der Waals surface area contributed by atoms with Crippen LogP contribution in [0.5, 0.6) is 0 Å². The highest BCUT2D eigenvalue weighted by molar-refractivity contribution is 5.90. The summed E-state index contributed by atoms with van der Waals surface area (Å²) in [6.07, 6.45) is 1.90. The predicted octanol–water partition coefficient (Wildman–Crippen LogP) is 1.93. The molecule has 0 aliphatic rings. The SMILES string of the molecule is CCCC(=O)NC(CC(C)C)C(=O)NC(CC(C)C)C(=O)O. The van der Waals surface area contributed by atoms with Gasteiger partial charge in [-0.15, -0.1) is 0 Å². The van der Waals surface area contributed by atoms with Gasteiger partial charge >= 0.3 is 5.97 Å². The molecular formula is C16H30N2O4. The largest absolute Gasteiger partial charge is 0.480 e. The lowest BCUT2D eigenvalue weighted by Crippen LogP contribution is -2.52. The minimum atomic E-state index is -1.05. The minimum absolute atomic E-state index is 0.152. The zero-order valence-corrected chi connectivity index (χ0v) is 14.3. The molecule has 0 aromatic rings. The van der Waals surface area contributed by atoms with Crippen molar-refractivity contribution in [2.24, 2.45) is 11.8 Å². The molecule has 22 heavy (non-hydrogen) atoms. The molecule has 0 spiro atoms. The molecule has 0 aromatic heterocycles. The van der Waals surface area contributed by atoms with Crippen LogP contribution in [0.1, 0.15) is 60.3 Å². The Morgan fingerprint density at radius 2 is 1.41 bits per heavy atom. The zero-order valence-electron chi connectivity index (χ0n) is 14.3. The maximum Gasteiger partial charge on any atom is 0.326 e. The van der Waals surface area contributed by atoms with Gasteiger partial charge in [0.1, 0.15) is 12.1 Å². The van der Waals surface area contributed by atoms with Crippen molar-refractivity contribution in [3.63, 3.8) is 0 Å². The molecule has 6 heteroatoms. The summed E-state index contributed by atoms with van der Waals surface area (Å²) in [5, 5.41) is 14.4. The van der Waals surface area contributed by atoms with Crippen molar-refractivity contribution in [2.75, 3.05) is 0 Å². The summed E-state index contributed by atoms with van der Waals surface area (Å²) in [6, 6.07) is -1.61. The molecule has 0 bridgehead atoms. The number of carbonyl (C=O) groups is 3. The van der Waals surface area contributed by atoms with Crippen molar-refractivity contribution < 1.29 is 19.5 Å². The Kier molecular flexibility index (Phi) is 9.45. The lowest BCUT2D eigenvalue weighted by atomic mass is 10.0. The molecule has 0 aliphatic carbocycles. The van der Waals surface area contributed by atoms with Crippen molar-refractivity contribution in [2.45, 2.75) is 72.4 Å². The van der Waals surface area contributed by atoms with Crippen LogP contribution in [-0.4, -0.2) is 35.0 Å². The van der Waals surface area contributed by atoms with Gasteiger partial charge in [-0.2, -0.15) is 0 Å². The molecular weight excluding hydrogens is 284 g/mol. The average Bonchev–Trinajstić information content (AvgIpc) is 2.36. The van der Waals surface area contributed by atoms with E-state index in [0.29, 0.717) is 25.7 Å². The molecule has 0 saturated carbocycles. The first-order valence-electron chi connectivity index (χ1n) is 7.99. The van der Waals surface area contributed by atoms with Crippen LogP contribution in [-0.2, 0) is 14.4 Å². The van der Waals surface area contributed by atoms with E-state index in [1.807, 2.05) is 34.6 Å². The second-order valence-electron chi connectivity index (χ2n) is 6.53. The predicted molar refractivity (Wildman–Crippen MR) is 85.3 cm³/mol. The maximum atomic E-state index is 12.3. The molecule has 0 fully saturated rings. The lowest BCUT2D eigenvalue weighted by Gasteiger charge is -2.23. The first kappa shape index (κ1) is 20.4. The monoisotopic (exact) mass is 314 g/mol. The van der Waals surface area contributed by atoms with Gasteiger partial charge in [0.05, 0.1) is 0 Å².